The molecule has 0 saturated heterocycles. The van der Waals surface area contributed by atoms with Gasteiger partial charge in [0, 0.05) is 6.20 Å². The quantitative estimate of drug-likeness (QED) is 0.602. The molecule has 76 valence electrons. The van der Waals surface area contributed by atoms with Crippen molar-refractivity contribution in [1.29, 1.82) is 0 Å². The van der Waals surface area contributed by atoms with Crippen LogP contribution in [0.1, 0.15) is 43.6 Å². The highest BCUT2D eigenvalue weighted by atomic mass is 33.1. The monoisotopic (exact) mass is 225 g/mol. The summed E-state index contributed by atoms with van der Waals surface area (Å²) in [7, 11) is 1.41. The van der Waals surface area contributed by atoms with Gasteiger partial charge >= 0.3 is 0 Å². The largest absolute Gasteiger partial charge is 0.249 e. The van der Waals surface area contributed by atoms with E-state index in [0.717, 1.165) is 10.9 Å². The van der Waals surface area contributed by atoms with Crippen LogP contribution in [0.15, 0.2) is 23.4 Å². The van der Waals surface area contributed by atoms with Crippen LogP contribution < -0.4 is 0 Å². The number of aromatic nitrogens is 1. The minimum absolute atomic E-state index is 0.759. The summed E-state index contributed by atoms with van der Waals surface area (Å²) in [6.07, 6.45) is 8.88. The van der Waals surface area contributed by atoms with Crippen LogP contribution >= 0.6 is 22.5 Å². The van der Waals surface area contributed by atoms with Crippen molar-refractivity contribution in [2.45, 2.75) is 43.0 Å². The molecule has 0 bridgehead atoms. The number of hydrogen-bond donors (Lipinski definition) is 1. The third-order valence-electron chi connectivity index (χ3n) is 2.93. The van der Waals surface area contributed by atoms with Gasteiger partial charge in [-0.25, -0.2) is 4.98 Å². The van der Waals surface area contributed by atoms with E-state index >= 15 is 0 Å². The van der Waals surface area contributed by atoms with E-state index in [1.54, 1.807) is 0 Å². The average Bonchev–Trinajstić information content (AvgIpc) is 2.30. The van der Waals surface area contributed by atoms with Gasteiger partial charge in [0.1, 0.15) is 5.03 Å². The minimum atomic E-state index is 0.759. The van der Waals surface area contributed by atoms with Gasteiger partial charge in [-0.05, 0) is 41.2 Å². The first-order chi connectivity index (χ1) is 6.90. The molecule has 1 fully saturated rings. The summed E-state index contributed by atoms with van der Waals surface area (Å²) in [5, 5.41) is 0.993. The Hall–Kier alpha value is -0.150. The summed E-state index contributed by atoms with van der Waals surface area (Å²) in [6, 6.07) is 4.28. The maximum atomic E-state index is 4.36. The summed E-state index contributed by atoms with van der Waals surface area (Å²) in [6.45, 7) is 0. The Balaban J connectivity index is 2.07. The molecule has 1 aliphatic carbocycles. The van der Waals surface area contributed by atoms with Crippen LogP contribution in [0.2, 0.25) is 0 Å². The highest BCUT2D eigenvalue weighted by molar-refractivity contribution is 8.68. The first-order valence-electron chi connectivity index (χ1n) is 5.17. The van der Waals surface area contributed by atoms with Gasteiger partial charge in [0.15, 0.2) is 0 Å². The Morgan fingerprint density at radius 1 is 1.21 bits per heavy atom. The second kappa shape index (κ2) is 5.08. The highest BCUT2D eigenvalue weighted by Gasteiger charge is 2.15. The third kappa shape index (κ3) is 2.45. The van der Waals surface area contributed by atoms with Gasteiger partial charge in [0.2, 0.25) is 0 Å². The fraction of sp³-hybridized carbons (Fsp3) is 0.545. The molecule has 1 aliphatic rings. The van der Waals surface area contributed by atoms with Crippen molar-refractivity contribution >= 4 is 22.5 Å². The lowest BCUT2D eigenvalue weighted by Gasteiger charge is -2.21. The number of rotatable bonds is 2. The Morgan fingerprint density at radius 2 is 2.00 bits per heavy atom. The van der Waals surface area contributed by atoms with Gasteiger partial charge in [0.05, 0.1) is 0 Å². The molecule has 0 atom stereocenters. The summed E-state index contributed by atoms with van der Waals surface area (Å²) in [5.41, 5.74) is 1.41. The van der Waals surface area contributed by atoms with E-state index in [1.807, 2.05) is 6.20 Å². The standard InChI is InChI=1S/C11H15NS2/c13-14-11-7-6-10(8-12-11)9-4-2-1-3-5-9/h6-9,13H,1-5H2. The van der Waals surface area contributed by atoms with Gasteiger partial charge < -0.3 is 0 Å². The van der Waals surface area contributed by atoms with Gasteiger partial charge in [-0.2, -0.15) is 0 Å². The molecule has 0 amide bonds. The first kappa shape index (κ1) is 10.4. The van der Waals surface area contributed by atoms with Crippen LogP contribution in [0, 0.1) is 0 Å². The van der Waals surface area contributed by atoms with Crippen molar-refractivity contribution in [1.82, 2.24) is 4.98 Å². The van der Waals surface area contributed by atoms with E-state index in [1.165, 1.54) is 48.5 Å². The Labute approximate surface area is 94.5 Å². The van der Waals surface area contributed by atoms with Crippen molar-refractivity contribution in [2.24, 2.45) is 0 Å². The van der Waals surface area contributed by atoms with Crippen molar-refractivity contribution in [3.63, 3.8) is 0 Å². The molecule has 1 nitrogen and oxygen atoms in total. The molecule has 0 aromatic carbocycles. The van der Waals surface area contributed by atoms with Gasteiger partial charge in [-0.3, -0.25) is 0 Å². The third-order valence-corrected chi connectivity index (χ3v) is 3.92. The van der Waals surface area contributed by atoms with E-state index in [0.29, 0.717) is 0 Å². The van der Waals surface area contributed by atoms with Crippen LogP contribution in [0.3, 0.4) is 0 Å². The van der Waals surface area contributed by atoms with Crippen molar-refractivity contribution in [3.05, 3.63) is 23.9 Å². The van der Waals surface area contributed by atoms with Crippen LogP contribution in [0.4, 0.5) is 0 Å². The first-order valence-corrected chi connectivity index (χ1v) is 7.04. The van der Waals surface area contributed by atoms with E-state index in [9.17, 15) is 0 Å². The number of pyridine rings is 1. The number of thiol groups is 1. The van der Waals surface area contributed by atoms with Crippen LogP contribution in [0.25, 0.3) is 0 Å². The van der Waals surface area contributed by atoms with E-state index < -0.39 is 0 Å². The molecule has 0 unspecified atom stereocenters. The van der Waals surface area contributed by atoms with Crippen LogP contribution in [-0.4, -0.2) is 4.98 Å². The smallest absolute Gasteiger partial charge is 0.106 e. The number of hydrogen-bond acceptors (Lipinski definition) is 3. The van der Waals surface area contributed by atoms with Gasteiger partial charge in [0.25, 0.3) is 0 Å². The molecular weight excluding hydrogens is 210 g/mol. The topological polar surface area (TPSA) is 12.9 Å². The molecule has 0 radical (unpaired) electrons. The zero-order chi connectivity index (χ0) is 9.80. The molecule has 2 rings (SSSR count). The zero-order valence-corrected chi connectivity index (χ0v) is 9.86. The fourth-order valence-corrected chi connectivity index (χ4v) is 2.68. The lowest BCUT2D eigenvalue weighted by atomic mass is 9.85. The molecule has 0 N–H and O–H groups in total. The summed E-state index contributed by atoms with van der Waals surface area (Å²) >= 11 is 4.13. The van der Waals surface area contributed by atoms with Crippen LogP contribution in [0.5, 0.6) is 0 Å². The number of nitrogens with zero attached hydrogens (tertiary/aromatic N) is 1. The molecular formula is C11H15NS2. The van der Waals surface area contributed by atoms with Crippen LogP contribution in [-0.2, 0) is 0 Å². The SMILES string of the molecule is SSc1ccc(C2CCCCC2)cn1. The second-order valence-corrected chi connectivity index (χ2v) is 5.00. The molecule has 0 aliphatic heterocycles. The summed E-state index contributed by atoms with van der Waals surface area (Å²) in [5.74, 6) is 0.759. The molecule has 14 heavy (non-hydrogen) atoms. The van der Waals surface area contributed by atoms with E-state index in [2.05, 4.69) is 28.8 Å². The Morgan fingerprint density at radius 3 is 2.57 bits per heavy atom. The second-order valence-electron chi connectivity index (χ2n) is 3.86. The maximum Gasteiger partial charge on any atom is 0.106 e. The molecule has 1 saturated carbocycles. The molecule has 1 heterocycles. The normalized spacial score (nSPS) is 18.4. The fourth-order valence-electron chi connectivity index (χ4n) is 2.12. The highest BCUT2D eigenvalue weighted by Crippen LogP contribution is 2.32. The molecule has 1 aromatic rings. The predicted octanol–water partition coefficient (Wildman–Crippen LogP) is 4.07. The molecule has 3 heteroatoms. The lowest BCUT2D eigenvalue weighted by molar-refractivity contribution is 0.442. The van der Waals surface area contributed by atoms with Crippen molar-refractivity contribution in [3.8, 4) is 0 Å². The Bertz CT molecular complexity index is 278. The minimum Gasteiger partial charge on any atom is -0.249 e. The predicted molar refractivity (Wildman–Crippen MR) is 64.9 cm³/mol. The summed E-state index contributed by atoms with van der Waals surface area (Å²) < 4.78 is 0. The van der Waals surface area contributed by atoms with Gasteiger partial charge in [-0.1, -0.05) is 25.3 Å². The molecule has 1 aromatic heterocycles. The molecule has 0 spiro atoms. The lowest BCUT2D eigenvalue weighted by Crippen LogP contribution is -2.04. The maximum absolute atomic E-state index is 4.36. The van der Waals surface area contributed by atoms with E-state index in [-0.39, 0.29) is 0 Å². The zero-order valence-electron chi connectivity index (χ0n) is 8.15. The van der Waals surface area contributed by atoms with E-state index in [4.69, 9.17) is 0 Å². The van der Waals surface area contributed by atoms with Gasteiger partial charge in [-0.15, -0.1) is 11.7 Å². The average molecular weight is 225 g/mol. The Kier molecular flexibility index (Phi) is 3.76. The summed E-state index contributed by atoms with van der Waals surface area (Å²) in [4.78, 5) is 4.36. The van der Waals surface area contributed by atoms with Crippen molar-refractivity contribution in [2.75, 3.05) is 0 Å². The van der Waals surface area contributed by atoms with Crippen molar-refractivity contribution < 1.29 is 0 Å².